The fraction of sp³-hybridized carbons (Fsp3) is 0.600. The molecule has 0 spiro atoms. The van der Waals surface area contributed by atoms with E-state index < -0.39 is 6.67 Å². The van der Waals surface area contributed by atoms with Crippen molar-refractivity contribution in [2.24, 2.45) is 0 Å². The van der Waals surface area contributed by atoms with Gasteiger partial charge in [-0.15, -0.1) is 0 Å². The summed E-state index contributed by atoms with van der Waals surface area (Å²) in [5, 5.41) is 3.27. The van der Waals surface area contributed by atoms with Crippen molar-refractivity contribution in [2.45, 2.75) is 13.6 Å². The van der Waals surface area contributed by atoms with Crippen molar-refractivity contribution in [1.29, 1.82) is 0 Å². The number of aromatic nitrogens is 2. The van der Waals surface area contributed by atoms with Gasteiger partial charge in [0.25, 0.3) is 0 Å². The molecule has 0 bridgehead atoms. The highest BCUT2D eigenvalue weighted by Crippen LogP contribution is 2.13. The van der Waals surface area contributed by atoms with Gasteiger partial charge < -0.3 is 10.2 Å². The van der Waals surface area contributed by atoms with Gasteiger partial charge in [-0.05, 0) is 6.92 Å². The molecular formula is C10H15FN4. The van der Waals surface area contributed by atoms with Gasteiger partial charge in [-0.3, -0.25) is 0 Å². The minimum atomic E-state index is -0.596. The first-order valence-corrected chi connectivity index (χ1v) is 5.16. The maximum atomic E-state index is 12.5. The Bertz CT molecular complexity index is 336. The molecule has 1 aromatic heterocycles. The van der Waals surface area contributed by atoms with Gasteiger partial charge in [0.05, 0.1) is 0 Å². The zero-order valence-corrected chi connectivity index (χ0v) is 8.83. The van der Waals surface area contributed by atoms with Crippen LogP contribution in [0.25, 0.3) is 0 Å². The van der Waals surface area contributed by atoms with E-state index in [9.17, 15) is 4.39 Å². The third-order valence-corrected chi connectivity index (χ3v) is 2.45. The van der Waals surface area contributed by atoms with Crippen molar-refractivity contribution in [1.82, 2.24) is 15.3 Å². The summed E-state index contributed by atoms with van der Waals surface area (Å²) in [6.45, 7) is 5.01. The van der Waals surface area contributed by atoms with Crippen molar-refractivity contribution in [3.63, 3.8) is 0 Å². The molecule has 1 aliphatic rings. The Labute approximate surface area is 88.5 Å². The number of alkyl halides is 1. The summed E-state index contributed by atoms with van der Waals surface area (Å²) in [6.07, 6.45) is 0. The fourth-order valence-electron chi connectivity index (χ4n) is 1.73. The molecule has 0 unspecified atom stereocenters. The topological polar surface area (TPSA) is 41.0 Å². The van der Waals surface area contributed by atoms with Crippen LogP contribution in [0.5, 0.6) is 0 Å². The van der Waals surface area contributed by atoms with E-state index in [2.05, 4.69) is 20.2 Å². The van der Waals surface area contributed by atoms with E-state index in [4.69, 9.17) is 0 Å². The second-order valence-electron chi connectivity index (χ2n) is 3.65. The number of aryl methyl sites for hydroxylation is 1. The third kappa shape index (κ3) is 2.41. The maximum Gasteiger partial charge on any atom is 0.161 e. The molecule has 2 heterocycles. The SMILES string of the molecule is Cc1cc(N2CCNCC2)nc(CF)n1. The van der Waals surface area contributed by atoms with Crippen LogP contribution in [-0.2, 0) is 6.67 Å². The molecule has 0 aliphatic carbocycles. The second kappa shape index (κ2) is 4.53. The van der Waals surface area contributed by atoms with E-state index in [0.717, 1.165) is 37.7 Å². The highest BCUT2D eigenvalue weighted by Gasteiger charge is 2.13. The van der Waals surface area contributed by atoms with Gasteiger partial charge in [-0.1, -0.05) is 0 Å². The van der Waals surface area contributed by atoms with E-state index in [1.54, 1.807) is 0 Å². The molecule has 2 rings (SSSR count). The molecule has 1 fully saturated rings. The van der Waals surface area contributed by atoms with E-state index in [1.165, 1.54) is 0 Å². The molecule has 5 heteroatoms. The lowest BCUT2D eigenvalue weighted by Crippen LogP contribution is -2.44. The van der Waals surface area contributed by atoms with Crippen molar-refractivity contribution in [2.75, 3.05) is 31.1 Å². The molecule has 82 valence electrons. The Hall–Kier alpha value is -1.23. The first-order valence-electron chi connectivity index (χ1n) is 5.16. The van der Waals surface area contributed by atoms with E-state index in [0.29, 0.717) is 0 Å². The Balaban J connectivity index is 2.22. The maximum absolute atomic E-state index is 12.5. The summed E-state index contributed by atoms with van der Waals surface area (Å²) in [5.41, 5.74) is 0.825. The van der Waals surface area contributed by atoms with Crippen LogP contribution in [0.3, 0.4) is 0 Å². The normalized spacial score (nSPS) is 16.8. The highest BCUT2D eigenvalue weighted by atomic mass is 19.1. The first kappa shape index (κ1) is 10.3. The molecule has 0 atom stereocenters. The zero-order valence-electron chi connectivity index (χ0n) is 8.83. The molecule has 1 aliphatic heterocycles. The third-order valence-electron chi connectivity index (χ3n) is 2.45. The Kier molecular flexibility index (Phi) is 3.11. The van der Waals surface area contributed by atoms with Gasteiger partial charge in [-0.25, -0.2) is 14.4 Å². The van der Waals surface area contributed by atoms with Crippen LogP contribution in [0, 0.1) is 6.92 Å². The average Bonchev–Trinajstić information content (AvgIpc) is 2.29. The number of hydrogen-bond acceptors (Lipinski definition) is 4. The quantitative estimate of drug-likeness (QED) is 0.778. The molecule has 15 heavy (non-hydrogen) atoms. The predicted molar refractivity (Wildman–Crippen MR) is 56.7 cm³/mol. The van der Waals surface area contributed by atoms with Crippen LogP contribution in [-0.4, -0.2) is 36.1 Å². The summed E-state index contributed by atoms with van der Waals surface area (Å²) in [4.78, 5) is 10.4. The lowest BCUT2D eigenvalue weighted by Gasteiger charge is -2.28. The largest absolute Gasteiger partial charge is 0.354 e. The molecular weight excluding hydrogens is 195 g/mol. The predicted octanol–water partition coefficient (Wildman–Crippen LogP) is 0.664. The summed E-state index contributed by atoms with van der Waals surface area (Å²) in [6, 6.07) is 1.91. The zero-order chi connectivity index (χ0) is 10.7. The molecule has 1 saturated heterocycles. The minimum absolute atomic E-state index is 0.281. The van der Waals surface area contributed by atoms with Crippen molar-refractivity contribution < 1.29 is 4.39 Å². The van der Waals surface area contributed by atoms with Crippen LogP contribution in [0.4, 0.5) is 10.2 Å². The number of nitrogens with one attached hydrogen (secondary N) is 1. The Morgan fingerprint density at radius 2 is 2.13 bits per heavy atom. The van der Waals surface area contributed by atoms with Gasteiger partial charge in [0, 0.05) is 37.9 Å². The summed E-state index contributed by atoms with van der Waals surface area (Å²) in [7, 11) is 0. The van der Waals surface area contributed by atoms with Crippen LogP contribution >= 0.6 is 0 Å². The molecule has 0 amide bonds. The first-order chi connectivity index (χ1) is 7.29. The Morgan fingerprint density at radius 1 is 1.40 bits per heavy atom. The number of rotatable bonds is 2. The van der Waals surface area contributed by atoms with Crippen molar-refractivity contribution in [3.05, 3.63) is 17.6 Å². The molecule has 0 radical (unpaired) electrons. The van der Waals surface area contributed by atoms with Gasteiger partial charge in [0.2, 0.25) is 0 Å². The van der Waals surface area contributed by atoms with Crippen LogP contribution in [0.15, 0.2) is 6.07 Å². The molecule has 0 saturated carbocycles. The molecule has 1 aromatic rings. The summed E-state index contributed by atoms with van der Waals surface area (Å²) >= 11 is 0. The van der Waals surface area contributed by atoms with Gasteiger partial charge >= 0.3 is 0 Å². The number of halogens is 1. The number of nitrogens with zero attached hydrogens (tertiary/aromatic N) is 3. The number of anilines is 1. The minimum Gasteiger partial charge on any atom is -0.354 e. The lowest BCUT2D eigenvalue weighted by atomic mass is 10.3. The van der Waals surface area contributed by atoms with E-state index in [-0.39, 0.29) is 5.82 Å². The van der Waals surface area contributed by atoms with Crippen molar-refractivity contribution in [3.8, 4) is 0 Å². The highest BCUT2D eigenvalue weighted by molar-refractivity contribution is 5.40. The second-order valence-corrected chi connectivity index (χ2v) is 3.65. The van der Waals surface area contributed by atoms with Crippen LogP contribution in [0.1, 0.15) is 11.5 Å². The smallest absolute Gasteiger partial charge is 0.161 e. The number of piperazine rings is 1. The Morgan fingerprint density at radius 3 is 2.80 bits per heavy atom. The number of hydrogen-bond donors (Lipinski definition) is 1. The fourth-order valence-corrected chi connectivity index (χ4v) is 1.73. The average molecular weight is 210 g/mol. The summed E-state index contributed by atoms with van der Waals surface area (Å²) in [5.74, 6) is 1.13. The van der Waals surface area contributed by atoms with E-state index >= 15 is 0 Å². The van der Waals surface area contributed by atoms with Crippen molar-refractivity contribution >= 4 is 5.82 Å². The molecule has 4 nitrogen and oxygen atoms in total. The van der Waals surface area contributed by atoms with Crippen LogP contribution < -0.4 is 10.2 Å². The molecule has 0 aromatic carbocycles. The van der Waals surface area contributed by atoms with Gasteiger partial charge in [0.15, 0.2) is 5.82 Å². The standard InChI is InChI=1S/C10H15FN4/c1-8-6-10(14-9(7-11)13-8)15-4-2-12-3-5-15/h6,12H,2-5,7H2,1H3. The summed E-state index contributed by atoms with van der Waals surface area (Å²) < 4.78 is 12.5. The monoisotopic (exact) mass is 210 g/mol. The molecule has 1 N–H and O–H groups in total. The van der Waals surface area contributed by atoms with Gasteiger partial charge in [0.1, 0.15) is 12.5 Å². The van der Waals surface area contributed by atoms with Gasteiger partial charge in [-0.2, -0.15) is 0 Å². The van der Waals surface area contributed by atoms with Crippen LogP contribution in [0.2, 0.25) is 0 Å². The lowest BCUT2D eigenvalue weighted by molar-refractivity contribution is 0.463. The van der Waals surface area contributed by atoms with E-state index in [1.807, 2.05) is 13.0 Å².